The molecule has 0 spiro atoms. The van der Waals surface area contributed by atoms with Gasteiger partial charge in [0.1, 0.15) is 0 Å². The van der Waals surface area contributed by atoms with Gasteiger partial charge < -0.3 is 15.2 Å². The average Bonchev–Trinajstić information content (AvgIpc) is 2.17. The van der Waals surface area contributed by atoms with Crippen LogP contribution in [-0.4, -0.2) is 35.7 Å². The first-order valence-corrected chi connectivity index (χ1v) is 5.70. The van der Waals surface area contributed by atoms with Crippen molar-refractivity contribution in [1.29, 1.82) is 0 Å². The molecule has 0 radical (unpaired) electrons. The molecule has 5 heteroatoms. The van der Waals surface area contributed by atoms with Gasteiger partial charge in [-0.15, -0.1) is 0 Å². The van der Waals surface area contributed by atoms with E-state index in [2.05, 4.69) is 5.32 Å². The fourth-order valence-electron chi connectivity index (χ4n) is 1.82. The minimum Gasteiger partial charge on any atom is -0.481 e. The van der Waals surface area contributed by atoms with E-state index < -0.39 is 5.97 Å². The highest BCUT2D eigenvalue weighted by atomic mass is 16.5. The SMILES string of the molecule is CC(CC(=O)O)NC(=O)CC1CCCCO1. The summed E-state index contributed by atoms with van der Waals surface area (Å²) in [6.45, 7) is 2.41. The lowest BCUT2D eigenvalue weighted by molar-refractivity contribution is -0.137. The minimum absolute atomic E-state index is 0.00535. The zero-order valence-corrected chi connectivity index (χ0v) is 9.57. The molecular weight excluding hydrogens is 210 g/mol. The van der Waals surface area contributed by atoms with Crippen LogP contribution in [0.1, 0.15) is 39.0 Å². The van der Waals surface area contributed by atoms with Gasteiger partial charge in [0, 0.05) is 12.6 Å². The molecule has 1 rings (SSSR count). The summed E-state index contributed by atoms with van der Waals surface area (Å²) in [6, 6.07) is -0.325. The smallest absolute Gasteiger partial charge is 0.305 e. The van der Waals surface area contributed by atoms with E-state index in [1.807, 2.05) is 0 Å². The van der Waals surface area contributed by atoms with Crippen LogP contribution in [0.3, 0.4) is 0 Å². The highest BCUT2D eigenvalue weighted by Gasteiger charge is 2.19. The number of hydrogen-bond donors (Lipinski definition) is 2. The quantitative estimate of drug-likeness (QED) is 0.735. The molecule has 1 fully saturated rings. The van der Waals surface area contributed by atoms with E-state index in [1.165, 1.54) is 0 Å². The summed E-state index contributed by atoms with van der Waals surface area (Å²) in [7, 11) is 0. The van der Waals surface area contributed by atoms with Gasteiger partial charge in [0.2, 0.25) is 5.91 Å². The van der Waals surface area contributed by atoms with Gasteiger partial charge >= 0.3 is 5.97 Å². The Hall–Kier alpha value is -1.10. The van der Waals surface area contributed by atoms with Gasteiger partial charge in [0.15, 0.2) is 0 Å². The third-order valence-corrected chi connectivity index (χ3v) is 2.58. The number of carbonyl (C=O) groups excluding carboxylic acids is 1. The molecule has 0 saturated carbocycles. The largest absolute Gasteiger partial charge is 0.481 e. The van der Waals surface area contributed by atoms with Crippen LogP contribution in [-0.2, 0) is 14.3 Å². The van der Waals surface area contributed by atoms with Gasteiger partial charge in [0.05, 0.1) is 18.9 Å². The molecular formula is C11H19NO4. The number of nitrogens with one attached hydrogen (secondary N) is 1. The molecule has 2 atom stereocenters. The lowest BCUT2D eigenvalue weighted by Gasteiger charge is -2.22. The number of carboxylic acids is 1. The summed E-state index contributed by atoms with van der Waals surface area (Å²) in [5.41, 5.74) is 0. The van der Waals surface area contributed by atoms with Crippen molar-refractivity contribution in [3.8, 4) is 0 Å². The van der Waals surface area contributed by atoms with Crippen molar-refractivity contribution in [2.24, 2.45) is 0 Å². The lowest BCUT2D eigenvalue weighted by Crippen LogP contribution is -2.37. The second-order valence-electron chi connectivity index (χ2n) is 4.26. The Morgan fingerprint density at radius 1 is 1.50 bits per heavy atom. The van der Waals surface area contributed by atoms with Crippen molar-refractivity contribution in [2.75, 3.05) is 6.61 Å². The fourth-order valence-corrected chi connectivity index (χ4v) is 1.82. The Balaban J connectivity index is 2.21. The van der Waals surface area contributed by atoms with Crippen LogP contribution >= 0.6 is 0 Å². The number of ether oxygens (including phenoxy) is 1. The molecule has 0 aromatic heterocycles. The van der Waals surface area contributed by atoms with E-state index in [4.69, 9.17) is 9.84 Å². The number of amides is 1. The van der Waals surface area contributed by atoms with E-state index in [0.717, 1.165) is 25.9 Å². The first-order valence-electron chi connectivity index (χ1n) is 5.70. The minimum atomic E-state index is -0.901. The van der Waals surface area contributed by atoms with Gasteiger partial charge in [-0.3, -0.25) is 9.59 Å². The van der Waals surface area contributed by atoms with Crippen LogP contribution in [0.25, 0.3) is 0 Å². The van der Waals surface area contributed by atoms with Crippen molar-refractivity contribution in [1.82, 2.24) is 5.32 Å². The zero-order chi connectivity index (χ0) is 12.0. The maximum atomic E-state index is 11.5. The molecule has 5 nitrogen and oxygen atoms in total. The number of aliphatic carboxylic acids is 1. The van der Waals surface area contributed by atoms with Crippen LogP contribution in [0, 0.1) is 0 Å². The van der Waals surface area contributed by atoms with Crippen molar-refractivity contribution >= 4 is 11.9 Å². The Kier molecular flexibility index (Phi) is 5.25. The van der Waals surface area contributed by atoms with Gasteiger partial charge in [0.25, 0.3) is 0 Å². The summed E-state index contributed by atoms with van der Waals surface area (Å²) in [4.78, 5) is 21.9. The molecule has 1 aliphatic heterocycles. The molecule has 2 unspecified atom stereocenters. The molecule has 0 aromatic rings. The number of rotatable bonds is 5. The third-order valence-electron chi connectivity index (χ3n) is 2.58. The first kappa shape index (κ1) is 13.0. The van der Waals surface area contributed by atoms with Gasteiger partial charge in [-0.05, 0) is 26.2 Å². The first-order chi connectivity index (χ1) is 7.58. The van der Waals surface area contributed by atoms with Crippen molar-refractivity contribution in [3.05, 3.63) is 0 Å². The maximum Gasteiger partial charge on any atom is 0.305 e. The van der Waals surface area contributed by atoms with E-state index in [-0.39, 0.29) is 24.5 Å². The fraction of sp³-hybridized carbons (Fsp3) is 0.818. The molecule has 16 heavy (non-hydrogen) atoms. The second-order valence-corrected chi connectivity index (χ2v) is 4.26. The standard InChI is InChI=1S/C11H19NO4/c1-8(6-11(14)15)12-10(13)7-9-4-2-3-5-16-9/h8-9H,2-7H2,1H3,(H,12,13)(H,14,15). The van der Waals surface area contributed by atoms with E-state index >= 15 is 0 Å². The van der Waals surface area contributed by atoms with Crippen LogP contribution in [0.5, 0.6) is 0 Å². The molecule has 92 valence electrons. The maximum absolute atomic E-state index is 11.5. The van der Waals surface area contributed by atoms with Crippen molar-refractivity contribution in [3.63, 3.8) is 0 Å². The van der Waals surface area contributed by atoms with E-state index in [0.29, 0.717) is 6.42 Å². The zero-order valence-electron chi connectivity index (χ0n) is 9.57. The molecule has 1 saturated heterocycles. The molecule has 1 heterocycles. The monoisotopic (exact) mass is 229 g/mol. The predicted octanol–water partition coefficient (Wildman–Crippen LogP) is 0.925. The number of hydrogen-bond acceptors (Lipinski definition) is 3. The molecule has 0 aliphatic carbocycles. The Morgan fingerprint density at radius 3 is 2.81 bits per heavy atom. The van der Waals surface area contributed by atoms with Crippen molar-refractivity contribution in [2.45, 2.75) is 51.2 Å². The van der Waals surface area contributed by atoms with Gasteiger partial charge in [-0.2, -0.15) is 0 Å². The lowest BCUT2D eigenvalue weighted by atomic mass is 10.1. The average molecular weight is 229 g/mol. The number of carbonyl (C=O) groups is 2. The van der Waals surface area contributed by atoms with E-state index in [1.54, 1.807) is 6.92 Å². The predicted molar refractivity (Wildman–Crippen MR) is 58.1 cm³/mol. The molecule has 2 N–H and O–H groups in total. The topological polar surface area (TPSA) is 75.6 Å². The summed E-state index contributed by atoms with van der Waals surface area (Å²) in [6.07, 6.45) is 3.38. The normalized spacial score (nSPS) is 22.4. The Labute approximate surface area is 95.2 Å². The molecule has 1 aliphatic rings. The highest BCUT2D eigenvalue weighted by Crippen LogP contribution is 2.15. The summed E-state index contributed by atoms with van der Waals surface area (Å²) < 4.78 is 5.43. The van der Waals surface area contributed by atoms with Crippen molar-refractivity contribution < 1.29 is 19.4 Å². The number of carboxylic acid groups (broad SMARTS) is 1. The van der Waals surface area contributed by atoms with Crippen LogP contribution in [0.4, 0.5) is 0 Å². The molecule has 0 aromatic carbocycles. The van der Waals surface area contributed by atoms with E-state index in [9.17, 15) is 9.59 Å². The highest BCUT2D eigenvalue weighted by molar-refractivity contribution is 5.77. The summed E-state index contributed by atoms with van der Waals surface area (Å²) in [5, 5.41) is 11.2. The summed E-state index contributed by atoms with van der Waals surface area (Å²) in [5.74, 6) is -1.03. The second kappa shape index (κ2) is 6.48. The van der Waals surface area contributed by atoms with Gasteiger partial charge in [-0.25, -0.2) is 0 Å². The Bertz CT molecular complexity index is 248. The molecule has 1 amide bonds. The third kappa shape index (κ3) is 5.11. The Morgan fingerprint density at radius 2 is 2.25 bits per heavy atom. The van der Waals surface area contributed by atoms with Gasteiger partial charge in [-0.1, -0.05) is 0 Å². The molecule has 0 bridgehead atoms. The van der Waals surface area contributed by atoms with Crippen LogP contribution < -0.4 is 5.32 Å². The van der Waals surface area contributed by atoms with Crippen LogP contribution in [0.15, 0.2) is 0 Å². The van der Waals surface area contributed by atoms with Crippen LogP contribution in [0.2, 0.25) is 0 Å². The summed E-state index contributed by atoms with van der Waals surface area (Å²) >= 11 is 0.